The molecule has 0 unspecified atom stereocenters. The largest absolute Gasteiger partial charge is 0.478 e. The number of aromatic nitrogens is 8. The molecule has 690 valence electrons. The van der Waals surface area contributed by atoms with Crippen LogP contribution < -0.4 is 31.3 Å². The number of carbonyl (C=O) groups excluding carboxylic acids is 5. The molecule has 45 heteroatoms. The number of aryl methyl sites for hydroxylation is 1. The van der Waals surface area contributed by atoms with Crippen molar-refractivity contribution in [3.8, 4) is 39.1 Å². The number of fused-ring (bicyclic) bond motifs is 4. The summed E-state index contributed by atoms with van der Waals surface area (Å²) in [6, 6.07) is 78.7. The average molecular weight is 1870 g/mol. The number of esters is 3. The molecule has 0 aliphatic heterocycles. The maximum atomic E-state index is 13.0. The number of carboxylic acid groups (broad SMARTS) is 1. The minimum Gasteiger partial charge on any atom is -0.478 e. The highest BCUT2D eigenvalue weighted by Gasteiger charge is 2.31. The summed E-state index contributed by atoms with van der Waals surface area (Å²) in [5.74, 6) is -2.33. The van der Waals surface area contributed by atoms with Crippen molar-refractivity contribution in [1.82, 2.24) is 41.3 Å². The van der Waals surface area contributed by atoms with Gasteiger partial charge in [0.2, 0.25) is 22.1 Å². The number of aromatic carboxylic acids is 1. The number of benzene rings is 14. The highest BCUT2D eigenvalue weighted by atomic mass is 19.4. The number of ether oxygens (including phenoxy) is 3. The number of carbonyl (C=O) groups is 4. The first-order valence-corrected chi connectivity index (χ1v) is 39.7. The quantitative estimate of drug-likeness (QED) is 0.0150. The second kappa shape index (κ2) is 43.4. The third-order valence-electron chi connectivity index (χ3n) is 19.8. The Labute approximate surface area is 769 Å². The number of rotatable bonds is 23. The molecule has 18 aromatic rings. The van der Waals surface area contributed by atoms with E-state index in [4.69, 9.17) is 28.4 Å². The first-order valence-electron chi connectivity index (χ1n) is 39.7. The molecule has 0 spiro atoms. The summed E-state index contributed by atoms with van der Waals surface area (Å²) in [7, 11) is 2.53. The third-order valence-corrected chi connectivity index (χ3v) is 19.8. The lowest BCUT2D eigenvalue weighted by Gasteiger charge is -2.15. The van der Waals surface area contributed by atoms with E-state index < -0.39 is 60.2 Å². The zero-order valence-corrected chi connectivity index (χ0v) is 71.0. The Morgan fingerprint density at radius 2 is 0.681 bits per heavy atom. The summed E-state index contributed by atoms with van der Waals surface area (Å²) in [5, 5.41) is 109. The molecule has 4 aromatic heterocycles. The van der Waals surface area contributed by atoms with Crippen molar-refractivity contribution in [2.45, 2.75) is 13.1 Å². The van der Waals surface area contributed by atoms with Crippen molar-refractivity contribution in [1.29, 1.82) is 0 Å². The van der Waals surface area contributed by atoms with Crippen molar-refractivity contribution < 1.29 is 104 Å². The Kier molecular flexibility index (Phi) is 30.0. The molecule has 0 atom stereocenters. The second-order valence-electron chi connectivity index (χ2n) is 28.4. The summed E-state index contributed by atoms with van der Waals surface area (Å²) in [5.41, 5.74) is 10.7. The fourth-order valence-electron chi connectivity index (χ4n) is 13.3. The van der Waals surface area contributed by atoms with Gasteiger partial charge in [-0.3, -0.25) is 50.6 Å². The van der Waals surface area contributed by atoms with E-state index >= 15 is 0 Å². The van der Waals surface area contributed by atoms with Gasteiger partial charge in [-0.05, 0) is 198 Å². The summed E-state index contributed by atoms with van der Waals surface area (Å²) >= 11 is 0. The number of nitro benzene ring substituents is 5. The molecular formula is C93H63F3N18O24. The van der Waals surface area contributed by atoms with Gasteiger partial charge < -0.3 is 45.9 Å². The Balaban J connectivity index is 0.000000146. The normalized spacial score (nSPS) is 10.6. The van der Waals surface area contributed by atoms with Crippen molar-refractivity contribution in [2.75, 3.05) is 40.8 Å². The molecule has 0 amide bonds. The van der Waals surface area contributed by atoms with Gasteiger partial charge in [0.05, 0.1) is 95.1 Å². The van der Waals surface area contributed by atoms with Gasteiger partial charge in [0.15, 0.2) is 22.1 Å². The van der Waals surface area contributed by atoms with Crippen molar-refractivity contribution in [3.05, 3.63) is 375 Å². The number of hydrogen-bond acceptors (Lipinski definition) is 36. The van der Waals surface area contributed by atoms with Crippen LogP contribution in [0.25, 0.3) is 77.5 Å². The monoisotopic (exact) mass is 1870 g/mol. The van der Waals surface area contributed by atoms with Gasteiger partial charge in [-0.2, -0.15) is 22.8 Å². The number of nitrogens with zero attached hydrogens (tertiary/aromatic N) is 13. The molecule has 42 nitrogen and oxygen atoms in total. The Morgan fingerprint density at radius 1 is 0.348 bits per heavy atom. The van der Waals surface area contributed by atoms with E-state index in [1.165, 1.54) is 99.1 Å². The van der Waals surface area contributed by atoms with Gasteiger partial charge in [0, 0.05) is 81.5 Å². The maximum absolute atomic E-state index is 13.0. The van der Waals surface area contributed by atoms with Gasteiger partial charge in [-0.25, -0.2) is 37.7 Å². The number of carboxylic acids is 1. The smallest absolute Gasteiger partial charge is 0.416 e. The highest BCUT2D eigenvalue weighted by Crippen LogP contribution is 2.42. The molecule has 0 radical (unpaired) electrons. The van der Waals surface area contributed by atoms with Crippen LogP contribution in [0.4, 0.5) is 98.5 Å². The number of halogens is 3. The van der Waals surface area contributed by atoms with Gasteiger partial charge in [0.1, 0.15) is 5.75 Å². The van der Waals surface area contributed by atoms with Crippen LogP contribution >= 0.6 is 0 Å². The van der Waals surface area contributed by atoms with Crippen LogP contribution in [0, 0.1) is 57.5 Å². The zero-order chi connectivity index (χ0) is 98.3. The van der Waals surface area contributed by atoms with E-state index in [9.17, 15) is 88.0 Å². The van der Waals surface area contributed by atoms with Crippen LogP contribution in [0.5, 0.6) is 5.75 Å². The number of non-ortho nitro benzene ring substituents is 5. The molecule has 0 saturated heterocycles. The number of alkyl halides is 3. The fraction of sp³-hybridized carbons (Fsp3) is 0.0430. The van der Waals surface area contributed by atoms with Gasteiger partial charge >= 0.3 is 59.0 Å². The lowest BCUT2D eigenvalue weighted by atomic mass is 9.99. The summed E-state index contributed by atoms with van der Waals surface area (Å²) in [6.07, 6.45) is -4.25. The first-order chi connectivity index (χ1) is 66.5. The van der Waals surface area contributed by atoms with E-state index in [-0.39, 0.29) is 84.3 Å². The van der Waals surface area contributed by atoms with Crippen LogP contribution in [0.2, 0.25) is 0 Å². The minimum absolute atomic E-state index is 0.0491. The Morgan fingerprint density at radius 3 is 1.08 bits per heavy atom. The molecule has 0 saturated carbocycles. The Hall–Kier alpha value is -20.3. The van der Waals surface area contributed by atoms with E-state index in [1.54, 1.807) is 72.8 Å². The number of methoxy groups -OCH3 is 2. The van der Waals surface area contributed by atoms with Crippen molar-refractivity contribution >= 4 is 159 Å². The molecule has 0 aliphatic carbocycles. The minimum atomic E-state index is -4.50. The van der Waals surface area contributed by atoms with Crippen LogP contribution in [-0.4, -0.2) is 115 Å². The van der Waals surface area contributed by atoms with Gasteiger partial charge in [0.25, 0.3) is 5.69 Å². The molecule has 18 rings (SSSR count). The van der Waals surface area contributed by atoms with Crippen LogP contribution in [0.3, 0.4) is 0 Å². The predicted molar refractivity (Wildman–Crippen MR) is 488 cm³/mol. The predicted octanol–water partition coefficient (Wildman–Crippen LogP) is 21.1. The van der Waals surface area contributed by atoms with Crippen molar-refractivity contribution in [2.24, 2.45) is 0 Å². The number of anilines is 10. The van der Waals surface area contributed by atoms with Gasteiger partial charge in [-0.15, -0.1) is 0 Å². The molecule has 0 fully saturated rings. The lowest BCUT2D eigenvalue weighted by Crippen LogP contribution is -2.08. The summed E-state index contributed by atoms with van der Waals surface area (Å²) < 4.78 is 72.3. The molecular weight excluding hydrogens is 1810 g/mol. The molecule has 6 N–H and O–H groups in total. The van der Waals surface area contributed by atoms with E-state index in [0.717, 1.165) is 51.7 Å². The molecule has 0 bridgehead atoms. The third kappa shape index (κ3) is 22.9. The lowest BCUT2D eigenvalue weighted by molar-refractivity contribution is -0.384. The topological polar surface area (TPSA) is 582 Å². The number of nitro groups is 5. The SMILES string of the molecule is COC(=O)c1ccc(Nc2ccc([N+](=O)[O-])c3nonc23)c(-c2ccc(C(F)(F)F)cc2)c1.COC(=O)c1ccc(Nc2ccc([N+](=O)[O-])c3nonc23)c(-c2ccc(C)cc2)c1.O=C(O)c1cc([N+](=O)[O-])ccc1Nc1ccccc1-c1ccccc1.O=C(Oc1ccccc1)c1ccc(Nc2ccc([N+](=O)[O-])c3nonc23)cc1.O=C=O.O=[N+]([O-])c1ccc(Nc2ccccc2)c2nonc12. The fourth-order valence-corrected chi connectivity index (χ4v) is 13.3. The molecule has 14 aromatic carbocycles. The molecule has 138 heavy (non-hydrogen) atoms. The molecule has 4 heterocycles. The molecule has 0 aliphatic rings. The van der Waals surface area contributed by atoms with Crippen LogP contribution in [-0.2, 0) is 25.2 Å². The number of para-hydroxylation sites is 3. The number of nitrogens with one attached hydrogen (secondary N) is 5. The zero-order valence-electron chi connectivity index (χ0n) is 71.0. The van der Waals surface area contributed by atoms with Crippen LogP contribution in [0.1, 0.15) is 52.6 Å². The van der Waals surface area contributed by atoms with Crippen molar-refractivity contribution in [3.63, 3.8) is 0 Å². The summed E-state index contributed by atoms with van der Waals surface area (Å²) in [6.45, 7) is 1.99. The highest BCUT2D eigenvalue weighted by molar-refractivity contribution is 6.03. The number of hydrogen-bond donors (Lipinski definition) is 6. The maximum Gasteiger partial charge on any atom is 0.416 e. The van der Waals surface area contributed by atoms with E-state index in [2.05, 4.69) is 81.7 Å². The standard InChI is InChI=1S/C21H13F3N4O5.C21H16N4O5.C19H12N4O5.C19H14N2O4.C12H8N4O3.CO2/c1-32-20(29)12-4-7-15(14(10-12)11-2-5-13(6-3-11)21(22,23)24)25-16-8-9-17(28(30)31)19-18(16)26-33-27-19;1-12-3-5-13(6-4-12)15-11-14(21(26)29-2)7-8-16(15)22-17-9-10-18(25(27)28)20-19(17)23-30-24-20;24-19(27-14-4-2-1-3-5-14)12-6-8-13(9-7-12)20-15-10-11-16(23(25)26)18-17(15)21-28-22-18;22-19(23)16-12-14(21(24)25)10-11-18(16)20-17-9-5-4-8-15(17)13-6-2-1-3-7-13;17-16(18)10-7-6-9(11-12(10)15-19-14-11)13-8-4-2-1-3-5-8;2-1-3/h2-10,25H,1H3;3-11,22H,1-2H3;1-11,20H;1-12,20H,(H,22,23);1-7,13H;. The van der Waals surface area contributed by atoms with E-state index in [1.807, 2.05) is 122 Å². The van der Waals surface area contributed by atoms with Gasteiger partial charge in [-0.1, -0.05) is 127 Å². The summed E-state index contributed by atoms with van der Waals surface area (Å²) in [4.78, 5) is 116. The Bertz CT molecular complexity index is 7620. The average Bonchev–Trinajstić information content (AvgIpc) is 1.54. The first kappa shape index (κ1) is 95.3. The van der Waals surface area contributed by atoms with Crippen LogP contribution in [0.15, 0.2) is 310 Å². The second-order valence-corrected chi connectivity index (χ2v) is 28.4. The van der Waals surface area contributed by atoms with E-state index in [0.29, 0.717) is 84.7 Å².